The monoisotopic (exact) mass is 428 g/mol. The minimum Gasteiger partial charge on any atom is -0.344 e. The molecule has 1 N–H and O–H groups in total. The zero-order valence-electron chi connectivity index (χ0n) is 17.0. The Morgan fingerprint density at radius 3 is 2.60 bits per heavy atom. The molecule has 2 aromatic carbocycles. The van der Waals surface area contributed by atoms with Gasteiger partial charge in [-0.1, -0.05) is 38.8 Å². The maximum Gasteiger partial charge on any atom is 0.262 e. The van der Waals surface area contributed by atoms with Crippen LogP contribution in [-0.2, 0) is 10.0 Å². The molecular formula is C23H25FN2O3S. The van der Waals surface area contributed by atoms with Crippen LogP contribution in [-0.4, -0.2) is 13.0 Å². The Kier molecular flexibility index (Phi) is 5.40. The SMILES string of the molecule is CC1CCCC(n2ccc(=O)c3cc(S(=O)(=O)Nc4ccccc4F)ccc32)C1C. The summed E-state index contributed by atoms with van der Waals surface area (Å²) in [6.45, 7) is 4.48. The summed E-state index contributed by atoms with van der Waals surface area (Å²) in [6.07, 6.45) is 5.16. The molecule has 1 fully saturated rings. The molecule has 3 aromatic rings. The molecule has 0 radical (unpaired) electrons. The first-order valence-electron chi connectivity index (χ1n) is 10.2. The number of para-hydroxylation sites is 1. The van der Waals surface area contributed by atoms with E-state index in [0.29, 0.717) is 17.2 Å². The van der Waals surface area contributed by atoms with Gasteiger partial charge in [-0.3, -0.25) is 9.52 Å². The number of benzene rings is 2. The highest BCUT2D eigenvalue weighted by Gasteiger charge is 2.29. The first-order chi connectivity index (χ1) is 14.3. The molecule has 0 aliphatic heterocycles. The Hall–Kier alpha value is -2.67. The minimum absolute atomic E-state index is 0.0711. The molecule has 7 heteroatoms. The van der Waals surface area contributed by atoms with Crippen LogP contribution in [0, 0.1) is 17.7 Å². The van der Waals surface area contributed by atoms with Gasteiger partial charge in [-0.25, -0.2) is 12.8 Å². The fourth-order valence-electron chi connectivity index (χ4n) is 4.41. The van der Waals surface area contributed by atoms with Crippen LogP contribution in [0.3, 0.4) is 0 Å². The molecule has 158 valence electrons. The van der Waals surface area contributed by atoms with Gasteiger partial charge >= 0.3 is 0 Å². The van der Waals surface area contributed by atoms with Crippen molar-refractivity contribution in [1.29, 1.82) is 0 Å². The molecule has 0 saturated heterocycles. The number of pyridine rings is 1. The molecule has 5 nitrogen and oxygen atoms in total. The maximum atomic E-state index is 13.9. The van der Waals surface area contributed by atoms with Gasteiger partial charge in [0.05, 0.1) is 16.1 Å². The molecular weight excluding hydrogens is 403 g/mol. The predicted octanol–water partition coefficient (Wildman–Crippen LogP) is 4.94. The number of rotatable bonds is 4. The number of hydrogen-bond donors (Lipinski definition) is 1. The highest BCUT2D eigenvalue weighted by molar-refractivity contribution is 7.92. The van der Waals surface area contributed by atoms with Gasteiger partial charge < -0.3 is 4.57 Å². The lowest BCUT2D eigenvalue weighted by atomic mass is 9.77. The van der Waals surface area contributed by atoms with E-state index in [2.05, 4.69) is 23.1 Å². The predicted molar refractivity (Wildman–Crippen MR) is 117 cm³/mol. The minimum atomic E-state index is -4.04. The van der Waals surface area contributed by atoms with Crippen molar-refractivity contribution in [3.63, 3.8) is 0 Å². The summed E-state index contributed by atoms with van der Waals surface area (Å²) < 4.78 is 43.9. The molecule has 0 spiro atoms. The van der Waals surface area contributed by atoms with E-state index in [4.69, 9.17) is 0 Å². The second kappa shape index (κ2) is 7.87. The van der Waals surface area contributed by atoms with E-state index < -0.39 is 15.8 Å². The van der Waals surface area contributed by atoms with Crippen LogP contribution in [0.15, 0.2) is 64.4 Å². The Bertz CT molecular complexity index is 1250. The zero-order valence-corrected chi connectivity index (χ0v) is 17.8. The molecule has 3 atom stereocenters. The first-order valence-corrected chi connectivity index (χ1v) is 11.7. The molecule has 1 aliphatic carbocycles. The number of halogens is 1. The number of nitrogens with one attached hydrogen (secondary N) is 1. The smallest absolute Gasteiger partial charge is 0.262 e. The zero-order chi connectivity index (χ0) is 21.5. The number of fused-ring (bicyclic) bond motifs is 1. The van der Waals surface area contributed by atoms with Crippen LogP contribution >= 0.6 is 0 Å². The molecule has 0 amide bonds. The molecule has 30 heavy (non-hydrogen) atoms. The van der Waals surface area contributed by atoms with Crippen LogP contribution in [0.2, 0.25) is 0 Å². The average Bonchev–Trinajstić information content (AvgIpc) is 2.72. The summed E-state index contributed by atoms with van der Waals surface area (Å²) in [4.78, 5) is 12.5. The van der Waals surface area contributed by atoms with Gasteiger partial charge in [0.15, 0.2) is 5.43 Å². The Morgan fingerprint density at radius 1 is 1.07 bits per heavy atom. The Morgan fingerprint density at radius 2 is 1.83 bits per heavy atom. The van der Waals surface area contributed by atoms with Crippen molar-refractivity contribution in [2.75, 3.05) is 4.72 Å². The average molecular weight is 429 g/mol. The molecule has 1 heterocycles. The summed E-state index contributed by atoms with van der Waals surface area (Å²) in [5.74, 6) is 0.378. The molecule has 3 unspecified atom stereocenters. The lowest BCUT2D eigenvalue weighted by Gasteiger charge is -2.36. The van der Waals surface area contributed by atoms with Crippen molar-refractivity contribution in [3.05, 3.63) is 70.8 Å². The fourth-order valence-corrected chi connectivity index (χ4v) is 5.50. The second-order valence-electron chi connectivity index (χ2n) is 8.19. The van der Waals surface area contributed by atoms with Gasteiger partial charge in [-0.15, -0.1) is 0 Å². The molecule has 1 aliphatic rings. The third-order valence-electron chi connectivity index (χ3n) is 6.35. The third-order valence-corrected chi connectivity index (χ3v) is 7.71. The Labute approximate surface area is 175 Å². The van der Waals surface area contributed by atoms with Crippen molar-refractivity contribution < 1.29 is 12.8 Å². The van der Waals surface area contributed by atoms with Crippen LogP contribution in [0.25, 0.3) is 10.9 Å². The van der Waals surface area contributed by atoms with E-state index in [1.165, 1.54) is 42.8 Å². The molecule has 4 rings (SSSR count). The largest absolute Gasteiger partial charge is 0.344 e. The maximum absolute atomic E-state index is 13.9. The molecule has 0 bridgehead atoms. The van der Waals surface area contributed by atoms with Crippen LogP contribution in [0.1, 0.15) is 39.2 Å². The van der Waals surface area contributed by atoms with Crippen LogP contribution < -0.4 is 10.2 Å². The summed E-state index contributed by atoms with van der Waals surface area (Å²) in [6, 6.07) is 11.9. The van der Waals surface area contributed by atoms with Gasteiger partial charge in [-0.2, -0.15) is 0 Å². The Balaban J connectivity index is 1.77. The second-order valence-corrected chi connectivity index (χ2v) is 9.87. The summed E-state index contributed by atoms with van der Waals surface area (Å²) in [7, 11) is -4.04. The van der Waals surface area contributed by atoms with Crippen LogP contribution in [0.5, 0.6) is 0 Å². The van der Waals surface area contributed by atoms with E-state index in [0.717, 1.165) is 18.4 Å². The normalized spacial score (nSPS) is 22.2. The van der Waals surface area contributed by atoms with E-state index >= 15 is 0 Å². The standard InChI is InChI=1S/C23H25FN2O3S/c1-15-6-5-9-21(16(15)2)26-13-12-23(27)18-14-17(10-11-22(18)26)30(28,29)25-20-8-4-3-7-19(20)24/h3-4,7-8,10-16,21,25H,5-6,9H2,1-2H3. The van der Waals surface area contributed by atoms with E-state index in [1.807, 2.05) is 6.20 Å². The number of hydrogen-bond acceptors (Lipinski definition) is 3. The highest BCUT2D eigenvalue weighted by Crippen LogP contribution is 2.38. The lowest BCUT2D eigenvalue weighted by Crippen LogP contribution is -2.28. The molecule has 1 aromatic heterocycles. The van der Waals surface area contributed by atoms with Gasteiger partial charge in [0.2, 0.25) is 0 Å². The fraction of sp³-hybridized carbons (Fsp3) is 0.348. The van der Waals surface area contributed by atoms with Crippen molar-refractivity contribution >= 4 is 26.6 Å². The van der Waals surface area contributed by atoms with Crippen LogP contribution in [0.4, 0.5) is 10.1 Å². The molecule has 1 saturated carbocycles. The number of nitrogens with zero attached hydrogens (tertiary/aromatic N) is 1. The van der Waals surface area contributed by atoms with E-state index in [-0.39, 0.29) is 22.1 Å². The van der Waals surface area contributed by atoms with Crippen molar-refractivity contribution in [2.45, 2.75) is 44.0 Å². The number of aromatic nitrogens is 1. The topological polar surface area (TPSA) is 68.2 Å². The lowest BCUT2D eigenvalue weighted by molar-refractivity contribution is 0.189. The quantitative estimate of drug-likeness (QED) is 0.640. The highest BCUT2D eigenvalue weighted by atomic mass is 32.2. The third kappa shape index (κ3) is 3.74. The van der Waals surface area contributed by atoms with Crippen molar-refractivity contribution in [2.24, 2.45) is 11.8 Å². The van der Waals surface area contributed by atoms with Crippen molar-refractivity contribution in [1.82, 2.24) is 4.57 Å². The summed E-state index contributed by atoms with van der Waals surface area (Å²) in [5, 5.41) is 0.347. The van der Waals surface area contributed by atoms with E-state index in [1.54, 1.807) is 12.1 Å². The van der Waals surface area contributed by atoms with Gasteiger partial charge in [0.25, 0.3) is 10.0 Å². The van der Waals surface area contributed by atoms with Gasteiger partial charge in [0.1, 0.15) is 5.82 Å². The van der Waals surface area contributed by atoms with Gasteiger partial charge in [-0.05, 0) is 48.6 Å². The van der Waals surface area contributed by atoms with E-state index in [9.17, 15) is 17.6 Å². The number of anilines is 1. The first kappa shape index (κ1) is 20.6. The van der Waals surface area contributed by atoms with Crippen molar-refractivity contribution in [3.8, 4) is 0 Å². The summed E-state index contributed by atoms with van der Waals surface area (Å²) >= 11 is 0. The van der Waals surface area contributed by atoms with Gasteiger partial charge in [0, 0.05) is 23.7 Å². The number of sulfonamides is 1. The summed E-state index contributed by atoms with van der Waals surface area (Å²) in [5.41, 5.74) is 0.354.